The van der Waals surface area contributed by atoms with Crippen molar-refractivity contribution in [3.63, 3.8) is 0 Å². The topological polar surface area (TPSA) is 50.9 Å². The predicted octanol–water partition coefficient (Wildman–Crippen LogP) is 3.28. The van der Waals surface area contributed by atoms with Crippen LogP contribution in [0.25, 0.3) is 0 Å². The highest BCUT2D eigenvalue weighted by Crippen LogP contribution is 2.39. The van der Waals surface area contributed by atoms with E-state index in [0.29, 0.717) is 10.9 Å². The zero-order valence-electron chi connectivity index (χ0n) is 11.6. The van der Waals surface area contributed by atoms with E-state index in [-0.39, 0.29) is 6.04 Å². The molecule has 1 heterocycles. The van der Waals surface area contributed by atoms with Gasteiger partial charge in [0, 0.05) is 10.9 Å². The number of benzene rings is 1. The lowest BCUT2D eigenvalue weighted by Crippen LogP contribution is -2.32. The van der Waals surface area contributed by atoms with Gasteiger partial charge in [-0.1, -0.05) is 23.7 Å². The molecule has 2 unspecified atom stereocenters. The molecule has 106 valence electrons. The summed E-state index contributed by atoms with van der Waals surface area (Å²) < 4.78 is 1.75. The first-order valence-electron chi connectivity index (χ1n) is 6.88. The molecule has 3 rings (SSSR count). The number of aromatic nitrogens is 3. The largest absolute Gasteiger partial charge is 0.383 e. The maximum atomic E-state index is 10.8. The van der Waals surface area contributed by atoms with E-state index in [0.717, 1.165) is 11.4 Å². The van der Waals surface area contributed by atoms with Gasteiger partial charge in [-0.2, -0.15) is 5.10 Å². The van der Waals surface area contributed by atoms with Crippen LogP contribution in [0.15, 0.2) is 30.6 Å². The van der Waals surface area contributed by atoms with Crippen molar-refractivity contribution in [3.05, 3.63) is 47.0 Å². The molecule has 1 aliphatic rings. The minimum atomic E-state index is -1.03. The Labute approximate surface area is 123 Å². The highest BCUT2D eigenvalue weighted by Gasteiger charge is 2.34. The van der Waals surface area contributed by atoms with Crippen LogP contribution in [0.4, 0.5) is 0 Å². The molecule has 5 heteroatoms. The Balaban J connectivity index is 1.86. The molecule has 1 saturated carbocycles. The number of hydrogen-bond donors (Lipinski definition) is 1. The Morgan fingerprint density at radius 3 is 2.60 bits per heavy atom. The van der Waals surface area contributed by atoms with Crippen molar-refractivity contribution in [2.24, 2.45) is 0 Å². The molecule has 1 aliphatic carbocycles. The number of aliphatic hydroxyl groups is 1. The molecule has 1 fully saturated rings. The van der Waals surface area contributed by atoms with Crippen molar-refractivity contribution in [2.45, 2.75) is 44.2 Å². The third-order valence-electron chi connectivity index (χ3n) is 4.11. The number of hydrogen-bond acceptors (Lipinski definition) is 3. The molecule has 0 saturated heterocycles. The zero-order valence-corrected chi connectivity index (χ0v) is 12.4. The van der Waals surface area contributed by atoms with Gasteiger partial charge in [-0.05, 0) is 44.4 Å². The summed E-state index contributed by atoms with van der Waals surface area (Å²) in [5.74, 6) is 1.41. The molecular formula is C15H18ClN3O. The maximum absolute atomic E-state index is 10.8. The average molecular weight is 292 g/mol. The molecule has 1 aromatic heterocycles. The third kappa shape index (κ3) is 2.45. The smallest absolute Gasteiger partial charge is 0.153 e. The van der Waals surface area contributed by atoms with E-state index in [9.17, 15) is 5.11 Å². The fraction of sp³-hybridized carbons (Fsp3) is 0.467. The monoisotopic (exact) mass is 291 g/mol. The highest BCUT2D eigenvalue weighted by atomic mass is 35.5. The first kappa shape index (κ1) is 13.6. The summed E-state index contributed by atoms with van der Waals surface area (Å²) >= 11 is 5.89. The van der Waals surface area contributed by atoms with Gasteiger partial charge in [-0.3, -0.25) is 0 Å². The van der Waals surface area contributed by atoms with E-state index in [1.807, 2.05) is 19.1 Å². The van der Waals surface area contributed by atoms with Gasteiger partial charge in [0.15, 0.2) is 5.82 Å². The van der Waals surface area contributed by atoms with Gasteiger partial charge >= 0.3 is 0 Å². The maximum Gasteiger partial charge on any atom is 0.153 e. The molecule has 20 heavy (non-hydrogen) atoms. The van der Waals surface area contributed by atoms with Crippen LogP contribution in [-0.4, -0.2) is 19.9 Å². The van der Waals surface area contributed by atoms with Gasteiger partial charge in [0.25, 0.3) is 0 Å². The zero-order chi connectivity index (χ0) is 14.3. The molecule has 0 amide bonds. The van der Waals surface area contributed by atoms with Crippen molar-refractivity contribution in [1.82, 2.24) is 14.8 Å². The van der Waals surface area contributed by atoms with Gasteiger partial charge in [-0.25, -0.2) is 9.67 Å². The lowest BCUT2D eigenvalue weighted by molar-refractivity contribution is 0.00268. The molecule has 0 radical (unpaired) electrons. The lowest BCUT2D eigenvalue weighted by atomic mass is 9.89. The summed E-state index contributed by atoms with van der Waals surface area (Å²) in [6, 6.07) is 7.06. The molecular weight excluding hydrogens is 274 g/mol. The summed E-state index contributed by atoms with van der Waals surface area (Å²) in [6.07, 6.45) is 4.06. The van der Waals surface area contributed by atoms with Crippen molar-refractivity contribution in [3.8, 4) is 0 Å². The van der Waals surface area contributed by atoms with E-state index < -0.39 is 5.60 Å². The Kier molecular flexibility index (Phi) is 3.30. The molecule has 1 N–H and O–H groups in total. The third-order valence-corrected chi connectivity index (χ3v) is 4.36. The summed E-state index contributed by atoms with van der Waals surface area (Å²) in [4.78, 5) is 4.34. The van der Waals surface area contributed by atoms with E-state index in [4.69, 9.17) is 11.6 Å². The second-order valence-electron chi connectivity index (χ2n) is 5.69. The minimum Gasteiger partial charge on any atom is -0.383 e. The lowest BCUT2D eigenvalue weighted by Gasteiger charge is -2.30. The van der Waals surface area contributed by atoms with Gasteiger partial charge in [0.1, 0.15) is 11.9 Å². The Morgan fingerprint density at radius 1 is 1.35 bits per heavy atom. The first-order chi connectivity index (χ1) is 9.48. The quantitative estimate of drug-likeness (QED) is 0.940. The first-order valence-corrected chi connectivity index (χ1v) is 7.25. The molecule has 0 aliphatic heterocycles. The van der Waals surface area contributed by atoms with E-state index in [1.165, 1.54) is 12.8 Å². The second-order valence-corrected chi connectivity index (χ2v) is 6.12. The van der Waals surface area contributed by atoms with Crippen LogP contribution in [0.1, 0.15) is 50.0 Å². The number of nitrogens with zero attached hydrogens (tertiary/aromatic N) is 3. The average Bonchev–Trinajstić information content (AvgIpc) is 3.16. The van der Waals surface area contributed by atoms with Crippen LogP contribution in [0.5, 0.6) is 0 Å². The Hall–Kier alpha value is -1.39. The van der Waals surface area contributed by atoms with E-state index in [1.54, 1.807) is 30.1 Å². The van der Waals surface area contributed by atoms with Crippen LogP contribution >= 0.6 is 11.6 Å². The summed E-state index contributed by atoms with van der Waals surface area (Å²) in [5, 5.41) is 16.0. The van der Waals surface area contributed by atoms with E-state index in [2.05, 4.69) is 10.1 Å². The second kappa shape index (κ2) is 4.86. The molecule has 1 aromatic carbocycles. The summed E-state index contributed by atoms with van der Waals surface area (Å²) in [5.41, 5.74) is -0.211. The van der Waals surface area contributed by atoms with Crippen LogP contribution in [-0.2, 0) is 5.60 Å². The summed E-state index contributed by atoms with van der Waals surface area (Å²) in [6.45, 7) is 3.74. The van der Waals surface area contributed by atoms with Crippen LogP contribution in [0, 0.1) is 0 Å². The van der Waals surface area contributed by atoms with Crippen LogP contribution in [0.3, 0.4) is 0 Å². The molecule has 2 atom stereocenters. The Morgan fingerprint density at radius 2 is 2.00 bits per heavy atom. The van der Waals surface area contributed by atoms with Gasteiger partial charge in [-0.15, -0.1) is 0 Å². The fourth-order valence-corrected chi connectivity index (χ4v) is 2.42. The van der Waals surface area contributed by atoms with Crippen LogP contribution in [0.2, 0.25) is 5.02 Å². The van der Waals surface area contributed by atoms with Crippen molar-refractivity contribution in [2.75, 3.05) is 0 Å². The van der Waals surface area contributed by atoms with Crippen molar-refractivity contribution in [1.29, 1.82) is 0 Å². The molecule has 4 nitrogen and oxygen atoms in total. The minimum absolute atomic E-state index is 0.205. The SMILES string of the molecule is CC(n1cnc(C2CC2)n1)C(C)(O)c1ccc(Cl)cc1. The summed E-state index contributed by atoms with van der Waals surface area (Å²) in [7, 11) is 0. The standard InChI is InChI=1S/C15H18ClN3O/c1-10(19-9-17-14(18-19)11-3-4-11)15(2,20)12-5-7-13(16)8-6-12/h5-11,20H,3-4H2,1-2H3. The van der Waals surface area contributed by atoms with Gasteiger partial charge < -0.3 is 5.11 Å². The fourth-order valence-electron chi connectivity index (χ4n) is 2.29. The van der Waals surface area contributed by atoms with Crippen molar-refractivity contribution >= 4 is 11.6 Å². The molecule has 0 spiro atoms. The highest BCUT2D eigenvalue weighted by molar-refractivity contribution is 6.30. The van der Waals surface area contributed by atoms with Gasteiger partial charge in [0.05, 0.1) is 6.04 Å². The predicted molar refractivity (Wildman–Crippen MR) is 77.7 cm³/mol. The normalized spacial score (nSPS) is 19.6. The van der Waals surface area contributed by atoms with Crippen LogP contribution < -0.4 is 0 Å². The molecule has 2 aromatic rings. The van der Waals surface area contributed by atoms with Crippen molar-refractivity contribution < 1.29 is 5.11 Å². The molecule has 0 bridgehead atoms. The number of rotatable bonds is 4. The Bertz CT molecular complexity index is 602. The van der Waals surface area contributed by atoms with Gasteiger partial charge in [0.2, 0.25) is 0 Å². The van der Waals surface area contributed by atoms with E-state index >= 15 is 0 Å². The number of halogens is 1.